The first kappa shape index (κ1) is 20.3. The van der Waals surface area contributed by atoms with E-state index in [-0.39, 0.29) is 31.0 Å². The highest BCUT2D eigenvalue weighted by Gasteiger charge is 2.35. The lowest BCUT2D eigenvalue weighted by atomic mass is 10.2. The van der Waals surface area contributed by atoms with Gasteiger partial charge in [-0.1, -0.05) is 36.0 Å². The number of hydrogen-bond donors (Lipinski definition) is 0. The van der Waals surface area contributed by atoms with Crippen molar-refractivity contribution in [2.24, 2.45) is 4.99 Å². The molecular weight excluding hydrogens is 402 g/mol. The summed E-state index contributed by atoms with van der Waals surface area (Å²) in [6.45, 7) is 4.31. The van der Waals surface area contributed by atoms with Crippen LogP contribution in [0.5, 0.6) is 11.5 Å². The summed E-state index contributed by atoms with van der Waals surface area (Å²) >= 11 is 1.53. The third-order valence-corrected chi connectivity index (χ3v) is 6.05. The van der Waals surface area contributed by atoms with E-state index in [1.165, 1.54) is 16.7 Å². The van der Waals surface area contributed by atoms with Crippen LogP contribution >= 0.6 is 11.8 Å². The number of amides is 2. The molecule has 156 valence electrons. The predicted molar refractivity (Wildman–Crippen MR) is 118 cm³/mol. The average Bonchev–Trinajstić information content (AvgIpc) is 3.12. The minimum absolute atomic E-state index is 0.0214. The molecular formula is C22H23N3O4S. The standard InChI is InChI=1S/C22H23N3O4S/c1-3-28-18-10-6-4-8-16(18)23-22-25(15(2)14-30-22)20(26)12-24-17-9-5-7-11-19(17)29-13-21(24)27/h4-11,15H,3,12-14H2,1-2H3. The van der Waals surface area contributed by atoms with E-state index in [1.54, 1.807) is 17.0 Å². The Bertz CT molecular complexity index is 994. The molecule has 2 amide bonds. The van der Waals surface area contributed by atoms with Gasteiger partial charge < -0.3 is 9.47 Å². The Morgan fingerprint density at radius 2 is 2.00 bits per heavy atom. The molecule has 0 spiro atoms. The molecule has 4 rings (SSSR count). The topological polar surface area (TPSA) is 71.4 Å². The highest BCUT2D eigenvalue weighted by atomic mass is 32.2. The summed E-state index contributed by atoms with van der Waals surface area (Å²) in [7, 11) is 0. The molecule has 30 heavy (non-hydrogen) atoms. The number of benzene rings is 2. The van der Waals surface area contributed by atoms with Crippen LogP contribution in [-0.2, 0) is 9.59 Å². The molecule has 2 aliphatic rings. The summed E-state index contributed by atoms with van der Waals surface area (Å²) in [6.07, 6.45) is 0. The van der Waals surface area contributed by atoms with Crippen molar-refractivity contribution in [3.8, 4) is 11.5 Å². The molecule has 0 aliphatic carbocycles. The number of aliphatic imine (C=N–C) groups is 1. The minimum Gasteiger partial charge on any atom is -0.492 e. The maximum atomic E-state index is 13.3. The lowest BCUT2D eigenvalue weighted by Crippen LogP contribution is -2.48. The highest BCUT2D eigenvalue weighted by molar-refractivity contribution is 8.14. The molecule has 0 aromatic heterocycles. The molecule has 0 radical (unpaired) electrons. The van der Waals surface area contributed by atoms with Crippen molar-refractivity contribution >= 4 is 40.1 Å². The number of anilines is 1. The fraction of sp³-hybridized carbons (Fsp3) is 0.318. The van der Waals surface area contributed by atoms with Gasteiger partial charge in [-0.25, -0.2) is 4.99 Å². The van der Waals surface area contributed by atoms with Gasteiger partial charge in [-0.2, -0.15) is 0 Å². The van der Waals surface area contributed by atoms with Crippen LogP contribution in [-0.4, -0.2) is 53.4 Å². The molecule has 0 N–H and O–H groups in total. The maximum Gasteiger partial charge on any atom is 0.265 e. The van der Waals surface area contributed by atoms with Crippen molar-refractivity contribution in [1.29, 1.82) is 0 Å². The zero-order valence-corrected chi connectivity index (χ0v) is 17.7. The Labute approximate surface area is 179 Å². The van der Waals surface area contributed by atoms with Gasteiger partial charge in [0.25, 0.3) is 5.91 Å². The second-order valence-corrected chi connectivity index (χ2v) is 7.94. The third kappa shape index (κ3) is 4.00. The van der Waals surface area contributed by atoms with Crippen LogP contribution in [0.1, 0.15) is 13.8 Å². The summed E-state index contributed by atoms with van der Waals surface area (Å²) < 4.78 is 11.1. The number of rotatable bonds is 5. The number of nitrogens with zero attached hydrogens (tertiary/aromatic N) is 3. The SMILES string of the molecule is CCOc1ccccc1N=C1SCC(C)N1C(=O)CN1C(=O)COc2ccccc21. The zero-order valence-electron chi connectivity index (χ0n) is 16.9. The van der Waals surface area contributed by atoms with E-state index in [4.69, 9.17) is 14.5 Å². The Hall–Kier alpha value is -3.00. The van der Waals surface area contributed by atoms with E-state index in [1.807, 2.05) is 50.2 Å². The molecule has 7 nitrogen and oxygen atoms in total. The first-order chi connectivity index (χ1) is 14.6. The first-order valence-corrected chi connectivity index (χ1v) is 10.8. The number of carbonyl (C=O) groups excluding carboxylic acids is 2. The van der Waals surface area contributed by atoms with Gasteiger partial charge >= 0.3 is 0 Å². The Kier molecular flexibility index (Phi) is 5.94. The number of ether oxygens (including phenoxy) is 2. The van der Waals surface area contributed by atoms with Crippen LogP contribution < -0.4 is 14.4 Å². The molecule has 2 aromatic carbocycles. The summed E-state index contributed by atoms with van der Waals surface area (Å²) in [5.74, 6) is 1.62. The Morgan fingerprint density at radius 3 is 2.83 bits per heavy atom. The van der Waals surface area contributed by atoms with Crippen molar-refractivity contribution < 1.29 is 19.1 Å². The van der Waals surface area contributed by atoms with Crippen LogP contribution in [0, 0.1) is 0 Å². The zero-order chi connectivity index (χ0) is 21.1. The Morgan fingerprint density at radius 1 is 1.23 bits per heavy atom. The first-order valence-electron chi connectivity index (χ1n) is 9.86. The number of amidine groups is 1. The van der Waals surface area contributed by atoms with Gasteiger partial charge in [0.05, 0.1) is 12.3 Å². The molecule has 2 heterocycles. The van der Waals surface area contributed by atoms with E-state index >= 15 is 0 Å². The van der Waals surface area contributed by atoms with E-state index in [0.29, 0.717) is 34.6 Å². The van der Waals surface area contributed by atoms with Crippen LogP contribution in [0.25, 0.3) is 0 Å². The molecule has 2 aliphatic heterocycles. The molecule has 1 saturated heterocycles. The van der Waals surface area contributed by atoms with Crippen LogP contribution in [0.15, 0.2) is 53.5 Å². The van der Waals surface area contributed by atoms with E-state index in [9.17, 15) is 9.59 Å². The monoisotopic (exact) mass is 425 g/mol. The summed E-state index contributed by atoms with van der Waals surface area (Å²) in [6, 6.07) is 14.7. The van der Waals surface area contributed by atoms with Crippen molar-refractivity contribution in [3.63, 3.8) is 0 Å². The number of fused-ring (bicyclic) bond motifs is 1. The normalized spacial score (nSPS) is 19.6. The number of carbonyl (C=O) groups is 2. The van der Waals surface area contributed by atoms with Crippen molar-refractivity contribution in [3.05, 3.63) is 48.5 Å². The van der Waals surface area contributed by atoms with E-state index < -0.39 is 0 Å². The molecule has 1 unspecified atom stereocenters. The van der Waals surface area contributed by atoms with Crippen molar-refractivity contribution in [2.45, 2.75) is 19.9 Å². The largest absolute Gasteiger partial charge is 0.492 e. The second-order valence-electron chi connectivity index (χ2n) is 6.96. The highest BCUT2D eigenvalue weighted by Crippen LogP contribution is 2.34. The third-order valence-electron chi connectivity index (χ3n) is 4.85. The number of thioether (sulfide) groups is 1. The molecule has 8 heteroatoms. The van der Waals surface area contributed by atoms with Gasteiger partial charge in [-0.3, -0.25) is 19.4 Å². The van der Waals surface area contributed by atoms with Crippen LogP contribution in [0.4, 0.5) is 11.4 Å². The molecule has 1 atom stereocenters. The van der Waals surface area contributed by atoms with Gasteiger partial charge in [-0.05, 0) is 38.1 Å². The lowest BCUT2D eigenvalue weighted by Gasteiger charge is -2.31. The predicted octanol–water partition coefficient (Wildman–Crippen LogP) is 3.46. The summed E-state index contributed by atoms with van der Waals surface area (Å²) in [5, 5.41) is 0.619. The van der Waals surface area contributed by atoms with Crippen LogP contribution in [0.3, 0.4) is 0 Å². The van der Waals surface area contributed by atoms with Gasteiger partial charge in [-0.15, -0.1) is 0 Å². The van der Waals surface area contributed by atoms with Gasteiger partial charge in [0.15, 0.2) is 11.8 Å². The van der Waals surface area contributed by atoms with Gasteiger partial charge in [0, 0.05) is 11.8 Å². The number of hydrogen-bond acceptors (Lipinski definition) is 6. The second kappa shape index (κ2) is 8.79. The number of para-hydroxylation sites is 4. The van der Waals surface area contributed by atoms with E-state index in [2.05, 4.69) is 0 Å². The fourth-order valence-electron chi connectivity index (χ4n) is 3.44. The molecule has 2 aromatic rings. The Balaban J connectivity index is 1.59. The van der Waals surface area contributed by atoms with Crippen molar-refractivity contribution in [1.82, 2.24) is 4.90 Å². The van der Waals surface area contributed by atoms with Crippen molar-refractivity contribution in [2.75, 3.05) is 30.4 Å². The quantitative estimate of drug-likeness (QED) is 0.734. The fourth-order valence-corrected chi connectivity index (χ4v) is 4.56. The lowest BCUT2D eigenvalue weighted by molar-refractivity contribution is -0.129. The van der Waals surface area contributed by atoms with E-state index in [0.717, 1.165) is 5.75 Å². The maximum absolute atomic E-state index is 13.3. The molecule has 1 fully saturated rings. The van der Waals surface area contributed by atoms with Gasteiger partial charge in [0.2, 0.25) is 5.91 Å². The summed E-state index contributed by atoms with van der Waals surface area (Å²) in [4.78, 5) is 33.6. The average molecular weight is 426 g/mol. The molecule has 0 saturated carbocycles. The summed E-state index contributed by atoms with van der Waals surface area (Å²) in [5.41, 5.74) is 1.29. The van der Waals surface area contributed by atoms with Crippen LogP contribution in [0.2, 0.25) is 0 Å². The molecule has 0 bridgehead atoms. The smallest absolute Gasteiger partial charge is 0.265 e. The minimum atomic E-state index is -0.235. The van der Waals surface area contributed by atoms with Gasteiger partial charge in [0.1, 0.15) is 23.7 Å².